The number of nitrogens with one attached hydrogen (secondary N) is 1. The Morgan fingerprint density at radius 1 is 1.38 bits per heavy atom. The van der Waals surface area contributed by atoms with Gasteiger partial charge in [-0.2, -0.15) is 5.10 Å². The maximum atomic E-state index is 12.6. The molecule has 1 aromatic heterocycles. The zero-order valence-electron chi connectivity index (χ0n) is 12.4. The van der Waals surface area contributed by atoms with Gasteiger partial charge in [0, 0.05) is 18.8 Å². The fourth-order valence-electron chi connectivity index (χ4n) is 3.03. The van der Waals surface area contributed by atoms with E-state index in [-0.39, 0.29) is 11.9 Å². The van der Waals surface area contributed by atoms with Crippen LogP contribution in [0.2, 0.25) is 0 Å². The van der Waals surface area contributed by atoms with Gasteiger partial charge in [0.2, 0.25) is 0 Å². The molecule has 1 saturated heterocycles. The normalized spacial score (nSPS) is 22.2. The van der Waals surface area contributed by atoms with E-state index in [1.807, 2.05) is 20.0 Å². The molecule has 1 amide bonds. The maximum absolute atomic E-state index is 12.6. The van der Waals surface area contributed by atoms with Gasteiger partial charge >= 0.3 is 0 Å². The summed E-state index contributed by atoms with van der Waals surface area (Å²) in [5, 5.41) is 7.94. The second-order valence-electron chi connectivity index (χ2n) is 5.79. The summed E-state index contributed by atoms with van der Waals surface area (Å²) in [7, 11) is 1.89. The third kappa shape index (κ3) is 2.72. The van der Waals surface area contributed by atoms with Crippen molar-refractivity contribution in [3.05, 3.63) is 23.2 Å². The van der Waals surface area contributed by atoms with E-state index in [1.54, 1.807) is 15.7 Å². The molecule has 1 aliphatic carbocycles. The Hall–Kier alpha value is -1.69. The molecule has 1 aliphatic heterocycles. The van der Waals surface area contributed by atoms with Crippen LogP contribution in [0.15, 0.2) is 11.8 Å². The van der Waals surface area contributed by atoms with Crippen molar-refractivity contribution in [2.75, 3.05) is 0 Å². The number of carbonyl (C=O) groups excluding carboxylic acids is 1. The molecule has 0 unspecified atom stereocenters. The van der Waals surface area contributed by atoms with Gasteiger partial charge in [-0.25, -0.2) is 0 Å². The molecule has 0 aromatic carbocycles. The molecule has 2 aliphatic rings. The molecule has 1 aromatic rings. The molecule has 1 N–H and O–H groups in total. The van der Waals surface area contributed by atoms with Gasteiger partial charge < -0.3 is 5.32 Å². The number of aryl methyl sites for hydroxylation is 2. The van der Waals surface area contributed by atoms with E-state index in [0.717, 1.165) is 24.2 Å². The Bertz CT molecular complexity index is 594. The molecule has 1 saturated carbocycles. The highest BCUT2D eigenvalue weighted by atomic mass is 32.1. The SMILES string of the molecule is Cc1cc(/C=C2/NC(=S)N(C3CCCCC3)C2=O)nn1C. The van der Waals surface area contributed by atoms with Gasteiger partial charge in [-0.15, -0.1) is 0 Å². The van der Waals surface area contributed by atoms with Gasteiger partial charge in [0.25, 0.3) is 5.91 Å². The molecule has 112 valence electrons. The average molecular weight is 304 g/mol. The first-order valence-electron chi connectivity index (χ1n) is 7.43. The van der Waals surface area contributed by atoms with Gasteiger partial charge in [-0.05, 0) is 44.1 Å². The molecular weight excluding hydrogens is 284 g/mol. The number of hydrogen-bond acceptors (Lipinski definition) is 3. The van der Waals surface area contributed by atoms with Gasteiger partial charge in [0.1, 0.15) is 5.70 Å². The minimum absolute atomic E-state index is 0.0183. The van der Waals surface area contributed by atoms with Crippen molar-refractivity contribution < 1.29 is 4.79 Å². The number of amides is 1. The van der Waals surface area contributed by atoms with E-state index < -0.39 is 0 Å². The lowest BCUT2D eigenvalue weighted by Crippen LogP contribution is -2.41. The lowest BCUT2D eigenvalue weighted by atomic mass is 9.94. The summed E-state index contributed by atoms with van der Waals surface area (Å²) in [6, 6.07) is 2.21. The van der Waals surface area contributed by atoms with Gasteiger partial charge in [-0.3, -0.25) is 14.4 Å². The van der Waals surface area contributed by atoms with Crippen LogP contribution in [0.25, 0.3) is 6.08 Å². The minimum Gasteiger partial charge on any atom is -0.328 e. The Balaban J connectivity index is 1.82. The first-order chi connectivity index (χ1) is 10.1. The van der Waals surface area contributed by atoms with Crippen LogP contribution in [-0.2, 0) is 11.8 Å². The predicted octanol–water partition coefficient (Wildman–Crippen LogP) is 2.12. The van der Waals surface area contributed by atoms with Crippen LogP contribution in [0.1, 0.15) is 43.5 Å². The van der Waals surface area contributed by atoms with Crippen molar-refractivity contribution in [1.82, 2.24) is 20.0 Å². The summed E-state index contributed by atoms with van der Waals surface area (Å²) < 4.78 is 1.79. The molecule has 3 rings (SSSR count). The molecule has 0 spiro atoms. The highest BCUT2D eigenvalue weighted by Gasteiger charge is 2.36. The van der Waals surface area contributed by atoms with Crippen LogP contribution in [0.4, 0.5) is 0 Å². The molecule has 2 fully saturated rings. The van der Waals surface area contributed by atoms with Crippen LogP contribution in [-0.4, -0.2) is 31.7 Å². The summed E-state index contributed by atoms with van der Waals surface area (Å²) in [5.74, 6) is -0.0183. The monoisotopic (exact) mass is 304 g/mol. The molecule has 0 radical (unpaired) electrons. The van der Waals surface area contributed by atoms with E-state index in [4.69, 9.17) is 12.2 Å². The first-order valence-corrected chi connectivity index (χ1v) is 7.84. The zero-order chi connectivity index (χ0) is 15.0. The fraction of sp³-hybridized carbons (Fsp3) is 0.533. The Morgan fingerprint density at radius 3 is 2.71 bits per heavy atom. The number of nitrogens with zero attached hydrogens (tertiary/aromatic N) is 3. The lowest BCUT2D eigenvalue weighted by Gasteiger charge is -2.29. The van der Waals surface area contributed by atoms with Crippen LogP contribution in [0, 0.1) is 6.92 Å². The van der Waals surface area contributed by atoms with Crippen molar-refractivity contribution >= 4 is 29.3 Å². The molecule has 21 heavy (non-hydrogen) atoms. The Morgan fingerprint density at radius 2 is 2.10 bits per heavy atom. The highest BCUT2D eigenvalue weighted by Crippen LogP contribution is 2.26. The van der Waals surface area contributed by atoms with Crippen molar-refractivity contribution in [2.24, 2.45) is 7.05 Å². The van der Waals surface area contributed by atoms with Crippen LogP contribution >= 0.6 is 12.2 Å². The van der Waals surface area contributed by atoms with Crippen molar-refractivity contribution in [1.29, 1.82) is 0 Å². The van der Waals surface area contributed by atoms with Gasteiger partial charge in [0.05, 0.1) is 5.69 Å². The van der Waals surface area contributed by atoms with E-state index in [9.17, 15) is 4.79 Å². The molecule has 5 nitrogen and oxygen atoms in total. The quantitative estimate of drug-likeness (QED) is 0.672. The summed E-state index contributed by atoms with van der Waals surface area (Å²) in [6.45, 7) is 1.98. The summed E-state index contributed by atoms with van der Waals surface area (Å²) in [4.78, 5) is 14.3. The van der Waals surface area contributed by atoms with Crippen LogP contribution in [0.5, 0.6) is 0 Å². The number of aromatic nitrogens is 2. The number of thiocarbonyl (C=S) groups is 1. The Labute approximate surface area is 130 Å². The lowest BCUT2D eigenvalue weighted by molar-refractivity contribution is -0.124. The zero-order valence-corrected chi connectivity index (χ0v) is 13.2. The third-order valence-electron chi connectivity index (χ3n) is 4.27. The van der Waals surface area contributed by atoms with E-state index in [0.29, 0.717) is 10.8 Å². The molecule has 0 bridgehead atoms. The van der Waals surface area contributed by atoms with E-state index >= 15 is 0 Å². The summed E-state index contributed by atoms with van der Waals surface area (Å²) in [6.07, 6.45) is 7.48. The smallest absolute Gasteiger partial charge is 0.276 e. The predicted molar refractivity (Wildman–Crippen MR) is 85.4 cm³/mol. The minimum atomic E-state index is -0.0183. The second-order valence-corrected chi connectivity index (χ2v) is 6.18. The standard InChI is InChI=1S/C15H20N4OS/c1-10-8-11(17-18(10)2)9-13-14(20)19(15(21)16-13)12-6-4-3-5-7-12/h8-9,12H,3-7H2,1-2H3,(H,16,21)/b13-9+. The molecule has 0 atom stereocenters. The van der Waals surface area contributed by atoms with Crippen molar-refractivity contribution in [2.45, 2.75) is 45.1 Å². The summed E-state index contributed by atoms with van der Waals surface area (Å²) in [5.41, 5.74) is 2.36. The summed E-state index contributed by atoms with van der Waals surface area (Å²) >= 11 is 5.35. The van der Waals surface area contributed by atoms with Crippen LogP contribution < -0.4 is 5.32 Å². The second kappa shape index (κ2) is 5.60. The Kier molecular flexibility index (Phi) is 3.80. The van der Waals surface area contributed by atoms with E-state index in [2.05, 4.69) is 10.4 Å². The third-order valence-corrected chi connectivity index (χ3v) is 4.57. The molecule has 2 heterocycles. The number of rotatable bonds is 2. The average Bonchev–Trinajstić information content (AvgIpc) is 2.91. The van der Waals surface area contributed by atoms with Gasteiger partial charge in [-0.1, -0.05) is 19.3 Å². The number of hydrogen-bond donors (Lipinski definition) is 1. The van der Waals surface area contributed by atoms with Gasteiger partial charge in [0.15, 0.2) is 5.11 Å². The van der Waals surface area contributed by atoms with E-state index in [1.165, 1.54) is 19.3 Å². The number of carbonyl (C=O) groups is 1. The van der Waals surface area contributed by atoms with Crippen LogP contribution in [0.3, 0.4) is 0 Å². The van der Waals surface area contributed by atoms with Crippen molar-refractivity contribution in [3.63, 3.8) is 0 Å². The molecular formula is C15H20N4OS. The molecule has 6 heteroatoms. The maximum Gasteiger partial charge on any atom is 0.276 e. The fourth-order valence-corrected chi connectivity index (χ4v) is 3.37. The first kappa shape index (κ1) is 14.3. The highest BCUT2D eigenvalue weighted by molar-refractivity contribution is 7.80. The largest absolute Gasteiger partial charge is 0.328 e. The topological polar surface area (TPSA) is 50.2 Å². The van der Waals surface area contributed by atoms with Crippen molar-refractivity contribution in [3.8, 4) is 0 Å².